The predicted octanol–water partition coefficient (Wildman–Crippen LogP) is 4.50. The first kappa shape index (κ1) is 16.4. The predicted molar refractivity (Wildman–Crippen MR) is 99.1 cm³/mol. The van der Waals surface area contributed by atoms with Crippen LogP contribution in [-0.2, 0) is 11.5 Å². The molecule has 0 unspecified atom stereocenters. The number of rotatable bonds is 6. The topological polar surface area (TPSA) is 55.7 Å². The van der Waals surface area contributed by atoms with E-state index in [0.717, 1.165) is 33.2 Å². The summed E-state index contributed by atoms with van der Waals surface area (Å²) >= 11 is 3.50. The quantitative estimate of drug-likeness (QED) is 0.496. The average Bonchev–Trinajstić information content (AvgIpc) is 3.09. The summed E-state index contributed by atoms with van der Waals surface area (Å²) in [5.41, 5.74) is 3.09. The number of halogens is 1. The van der Waals surface area contributed by atoms with Crippen molar-refractivity contribution in [2.45, 2.75) is 32.4 Å². The van der Waals surface area contributed by atoms with Crippen LogP contribution in [0.5, 0.6) is 0 Å². The molecule has 0 amide bonds. The monoisotopic (exact) mass is 392 g/mol. The van der Waals surface area contributed by atoms with Crippen LogP contribution in [-0.4, -0.2) is 34.4 Å². The van der Waals surface area contributed by atoms with Crippen LogP contribution >= 0.6 is 15.9 Å². The third-order valence-corrected chi connectivity index (χ3v) is 5.85. The van der Waals surface area contributed by atoms with Gasteiger partial charge in [-0.15, -0.1) is 0 Å². The molecule has 3 heterocycles. The van der Waals surface area contributed by atoms with E-state index in [-0.39, 0.29) is 0 Å². The molecule has 3 aromatic heterocycles. The lowest BCUT2D eigenvalue weighted by Gasteiger charge is -2.15. The third-order valence-electron chi connectivity index (χ3n) is 3.72. The Bertz CT molecular complexity index is 792. The molecule has 0 saturated carbocycles. The van der Waals surface area contributed by atoms with Crippen molar-refractivity contribution in [3.05, 3.63) is 35.3 Å². The highest BCUT2D eigenvalue weighted by molar-refractivity contribution is 9.10. The van der Waals surface area contributed by atoms with Crippen LogP contribution in [0, 0.1) is 0 Å². The number of pyridine rings is 1. The molecule has 0 radical (unpaired) electrons. The van der Waals surface area contributed by atoms with Crippen LogP contribution in [0.4, 0.5) is 0 Å². The second kappa shape index (κ2) is 6.58. The lowest BCUT2D eigenvalue weighted by atomic mass is 10.1. The number of H-pyrrole nitrogens is 1. The molecule has 1 N–H and O–H groups in total. The Morgan fingerprint density at radius 2 is 2.13 bits per heavy atom. The third kappa shape index (κ3) is 3.91. The molecule has 0 aliphatic rings. The van der Waals surface area contributed by atoms with Gasteiger partial charge in [0.05, 0.1) is 6.20 Å². The lowest BCUT2D eigenvalue weighted by molar-refractivity contribution is 0.0899. The molecule has 0 aromatic carbocycles. The van der Waals surface area contributed by atoms with Crippen molar-refractivity contribution in [2.24, 2.45) is 0 Å². The van der Waals surface area contributed by atoms with Gasteiger partial charge < -0.3 is 9.30 Å². The van der Waals surface area contributed by atoms with Gasteiger partial charge in [-0.25, -0.2) is 4.98 Å². The van der Waals surface area contributed by atoms with E-state index in [9.17, 15) is 0 Å². The first-order valence-corrected chi connectivity index (χ1v) is 12.2. The molecule has 3 rings (SSSR count). The Morgan fingerprint density at radius 1 is 1.30 bits per heavy atom. The van der Waals surface area contributed by atoms with Crippen molar-refractivity contribution < 1.29 is 4.74 Å². The molecule has 23 heavy (non-hydrogen) atoms. The van der Waals surface area contributed by atoms with Crippen molar-refractivity contribution in [2.75, 3.05) is 6.61 Å². The number of aromatic nitrogens is 4. The summed E-state index contributed by atoms with van der Waals surface area (Å²) in [5.74, 6) is 0. The Kier molecular flexibility index (Phi) is 4.70. The number of aromatic amines is 1. The summed E-state index contributed by atoms with van der Waals surface area (Å²) in [4.78, 5) is 4.55. The number of nitrogens with zero attached hydrogens (tertiary/aromatic N) is 3. The number of fused-ring (bicyclic) bond motifs is 1. The fourth-order valence-corrected chi connectivity index (χ4v) is 3.50. The standard InChI is InChI=1S/C16H21BrN4OSi/c1-23(2,3)5-4-22-11-21-10-15(12-7-19-20-8-12)14-6-13(17)9-18-16(14)21/h6-10H,4-5,11H2,1-3H3,(H,19,20). The molecule has 122 valence electrons. The summed E-state index contributed by atoms with van der Waals surface area (Å²) in [5, 5.41) is 8.01. The molecule has 0 aliphatic heterocycles. The molecule has 0 saturated heterocycles. The van der Waals surface area contributed by atoms with Crippen molar-refractivity contribution in [1.82, 2.24) is 19.7 Å². The van der Waals surface area contributed by atoms with Gasteiger partial charge in [0.25, 0.3) is 0 Å². The van der Waals surface area contributed by atoms with Gasteiger partial charge in [0.1, 0.15) is 12.4 Å². The fourth-order valence-electron chi connectivity index (χ4n) is 2.41. The van der Waals surface area contributed by atoms with E-state index in [0.29, 0.717) is 6.73 Å². The van der Waals surface area contributed by atoms with Gasteiger partial charge >= 0.3 is 0 Å². The van der Waals surface area contributed by atoms with Crippen molar-refractivity contribution in [1.29, 1.82) is 0 Å². The van der Waals surface area contributed by atoms with E-state index in [4.69, 9.17) is 4.74 Å². The van der Waals surface area contributed by atoms with Crippen LogP contribution in [0.2, 0.25) is 25.7 Å². The van der Waals surface area contributed by atoms with Crippen LogP contribution in [0.3, 0.4) is 0 Å². The van der Waals surface area contributed by atoms with Gasteiger partial charge in [0, 0.05) is 54.3 Å². The van der Waals surface area contributed by atoms with Gasteiger partial charge in [-0.1, -0.05) is 19.6 Å². The summed E-state index contributed by atoms with van der Waals surface area (Å²) < 4.78 is 8.92. The number of ether oxygens (including phenoxy) is 1. The highest BCUT2D eigenvalue weighted by atomic mass is 79.9. The molecule has 0 atom stereocenters. The average molecular weight is 393 g/mol. The summed E-state index contributed by atoms with van der Waals surface area (Å²) in [6.45, 7) is 8.40. The zero-order valence-corrected chi connectivity index (χ0v) is 16.2. The van der Waals surface area contributed by atoms with Crippen molar-refractivity contribution >= 4 is 35.0 Å². The lowest BCUT2D eigenvalue weighted by Crippen LogP contribution is -2.22. The fraction of sp³-hybridized carbons (Fsp3) is 0.375. The smallest absolute Gasteiger partial charge is 0.142 e. The SMILES string of the molecule is C[Si](C)(C)CCOCn1cc(-c2cn[nH]c2)c2cc(Br)cnc21. The Labute approximate surface area is 145 Å². The van der Waals surface area contributed by atoms with Gasteiger partial charge in [0.2, 0.25) is 0 Å². The van der Waals surface area contributed by atoms with E-state index < -0.39 is 8.07 Å². The summed E-state index contributed by atoms with van der Waals surface area (Å²) in [7, 11) is -1.06. The zero-order valence-electron chi connectivity index (χ0n) is 13.6. The maximum Gasteiger partial charge on any atom is 0.142 e. The normalized spacial score (nSPS) is 12.2. The summed E-state index contributed by atoms with van der Waals surface area (Å²) in [6.07, 6.45) is 7.63. The second-order valence-electron chi connectivity index (χ2n) is 6.87. The molecule has 5 nitrogen and oxygen atoms in total. The molecule has 0 aliphatic carbocycles. The van der Waals surface area contributed by atoms with E-state index in [1.807, 2.05) is 18.6 Å². The zero-order chi connectivity index (χ0) is 16.4. The van der Waals surface area contributed by atoms with E-state index >= 15 is 0 Å². The maximum absolute atomic E-state index is 5.89. The number of hydrogen-bond acceptors (Lipinski definition) is 3. The highest BCUT2D eigenvalue weighted by Crippen LogP contribution is 2.30. The van der Waals surface area contributed by atoms with E-state index in [2.05, 4.69) is 67.6 Å². The minimum absolute atomic E-state index is 0.521. The Balaban J connectivity index is 1.86. The van der Waals surface area contributed by atoms with Crippen LogP contribution in [0.25, 0.3) is 22.2 Å². The molecule has 0 fully saturated rings. The minimum atomic E-state index is -1.06. The van der Waals surface area contributed by atoms with E-state index in [1.54, 1.807) is 0 Å². The molecule has 3 aromatic rings. The first-order valence-electron chi connectivity index (χ1n) is 7.65. The maximum atomic E-state index is 5.89. The van der Waals surface area contributed by atoms with Gasteiger partial charge in [-0.05, 0) is 28.0 Å². The van der Waals surface area contributed by atoms with Gasteiger partial charge in [-0.3, -0.25) is 5.10 Å². The number of hydrogen-bond donors (Lipinski definition) is 1. The van der Waals surface area contributed by atoms with Crippen molar-refractivity contribution in [3.8, 4) is 11.1 Å². The molecule has 7 heteroatoms. The Hall–Kier alpha value is -1.44. The second-order valence-corrected chi connectivity index (χ2v) is 13.4. The molecule has 0 spiro atoms. The number of nitrogens with one attached hydrogen (secondary N) is 1. The van der Waals surface area contributed by atoms with Crippen molar-refractivity contribution in [3.63, 3.8) is 0 Å². The van der Waals surface area contributed by atoms with Crippen LogP contribution < -0.4 is 0 Å². The highest BCUT2D eigenvalue weighted by Gasteiger charge is 2.14. The van der Waals surface area contributed by atoms with E-state index in [1.165, 1.54) is 6.04 Å². The van der Waals surface area contributed by atoms with Crippen LogP contribution in [0.15, 0.2) is 35.3 Å². The molecule has 0 bridgehead atoms. The Morgan fingerprint density at radius 3 is 2.83 bits per heavy atom. The minimum Gasteiger partial charge on any atom is -0.361 e. The largest absolute Gasteiger partial charge is 0.361 e. The first-order chi connectivity index (χ1) is 10.9. The van der Waals surface area contributed by atoms with Crippen LogP contribution in [0.1, 0.15) is 0 Å². The van der Waals surface area contributed by atoms with Gasteiger partial charge in [-0.2, -0.15) is 5.10 Å². The molecular formula is C16H21BrN4OSi. The molecular weight excluding hydrogens is 372 g/mol. The summed E-state index contributed by atoms with van der Waals surface area (Å²) in [6, 6.07) is 3.25. The van der Waals surface area contributed by atoms with Gasteiger partial charge in [0.15, 0.2) is 0 Å².